The van der Waals surface area contributed by atoms with Crippen molar-refractivity contribution in [1.29, 1.82) is 0 Å². The molecule has 0 amide bonds. The topological polar surface area (TPSA) is 77.2 Å². The normalized spacial score (nSPS) is 22.0. The Kier molecular flexibility index (Phi) is 6.85. The van der Waals surface area contributed by atoms with Crippen molar-refractivity contribution in [3.63, 3.8) is 0 Å². The van der Waals surface area contributed by atoms with Gasteiger partial charge in [0.05, 0.1) is 11.1 Å². The van der Waals surface area contributed by atoms with E-state index in [4.69, 9.17) is 4.42 Å². The SMILES string of the molecule is C[C@H]1CCCCN1Cc1c(O)c(CN2CCCC[C@@H]2C)c2oc(-c3ccccc3)cc(=O)c2c1O. The fourth-order valence-corrected chi connectivity index (χ4v) is 5.72. The van der Waals surface area contributed by atoms with E-state index in [1.54, 1.807) is 0 Å². The largest absolute Gasteiger partial charge is 0.507 e. The minimum absolute atomic E-state index is 0.0545. The second-order valence-electron chi connectivity index (χ2n) is 10.3. The Bertz CT molecular complexity index is 1250. The highest BCUT2D eigenvalue weighted by Crippen LogP contribution is 2.42. The fraction of sp³-hybridized carbons (Fsp3) is 0.483. The van der Waals surface area contributed by atoms with Crippen LogP contribution in [0, 0.1) is 0 Å². The van der Waals surface area contributed by atoms with E-state index < -0.39 is 0 Å². The Labute approximate surface area is 206 Å². The summed E-state index contributed by atoms with van der Waals surface area (Å²) in [6, 6.07) is 11.7. The maximum absolute atomic E-state index is 13.4. The third-order valence-electron chi connectivity index (χ3n) is 7.98. The molecule has 2 saturated heterocycles. The molecule has 2 aliphatic rings. The molecule has 1 aromatic heterocycles. The molecule has 35 heavy (non-hydrogen) atoms. The first-order valence-corrected chi connectivity index (χ1v) is 13.0. The van der Waals surface area contributed by atoms with Crippen molar-refractivity contribution in [1.82, 2.24) is 9.80 Å². The number of nitrogens with zero attached hydrogens (tertiary/aromatic N) is 2. The second-order valence-corrected chi connectivity index (χ2v) is 10.3. The monoisotopic (exact) mass is 476 g/mol. The number of phenolic OH excluding ortho intramolecular Hbond substituents is 2. The highest BCUT2D eigenvalue weighted by molar-refractivity contribution is 5.91. The van der Waals surface area contributed by atoms with E-state index in [2.05, 4.69) is 23.6 Å². The first kappa shape index (κ1) is 23.9. The summed E-state index contributed by atoms with van der Waals surface area (Å²) in [5, 5.41) is 23.1. The van der Waals surface area contributed by atoms with Crippen LogP contribution in [-0.2, 0) is 13.1 Å². The Hall–Kier alpha value is -2.83. The van der Waals surface area contributed by atoms with Crippen molar-refractivity contribution in [2.24, 2.45) is 0 Å². The smallest absolute Gasteiger partial charge is 0.197 e. The van der Waals surface area contributed by atoms with Crippen molar-refractivity contribution in [3.8, 4) is 22.8 Å². The van der Waals surface area contributed by atoms with Crippen molar-refractivity contribution < 1.29 is 14.6 Å². The highest BCUT2D eigenvalue weighted by atomic mass is 16.3. The molecular weight excluding hydrogens is 440 g/mol. The average Bonchev–Trinajstić information content (AvgIpc) is 2.86. The van der Waals surface area contributed by atoms with Gasteiger partial charge in [-0.1, -0.05) is 43.2 Å². The standard InChI is InChI=1S/C29H36N2O4/c1-19-10-6-8-14-30(19)17-22-27(33)23(18-31-15-9-7-11-20(31)2)29-26(28(22)34)24(32)16-25(35-29)21-12-4-3-5-13-21/h3-5,12-13,16,19-20,33-34H,6-11,14-15,17-18H2,1-2H3/t19-,20-/m0/s1. The highest BCUT2D eigenvalue weighted by Gasteiger charge is 2.29. The summed E-state index contributed by atoms with van der Waals surface area (Å²) >= 11 is 0. The van der Waals surface area contributed by atoms with Gasteiger partial charge in [-0.15, -0.1) is 0 Å². The molecule has 0 radical (unpaired) electrons. The van der Waals surface area contributed by atoms with Crippen LogP contribution in [0.25, 0.3) is 22.3 Å². The van der Waals surface area contributed by atoms with Gasteiger partial charge in [0.15, 0.2) is 11.0 Å². The number of hydrogen-bond acceptors (Lipinski definition) is 6. The van der Waals surface area contributed by atoms with Crippen molar-refractivity contribution >= 4 is 11.0 Å². The number of rotatable bonds is 5. The zero-order chi connectivity index (χ0) is 24.5. The zero-order valence-electron chi connectivity index (χ0n) is 20.8. The Morgan fingerprint density at radius 3 is 2.06 bits per heavy atom. The van der Waals surface area contributed by atoms with E-state index in [1.165, 1.54) is 18.9 Å². The molecular formula is C29H36N2O4. The summed E-state index contributed by atoms with van der Waals surface area (Å²) in [5.41, 5.74) is 1.82. The minimum Gasteiger partial charge on any atom is -0.507 e. The number of fused-ring (bicyclic) bond motifs is 1. The Morgan fingerprint density at radius 2 is 1.46 bits per heavy atom. The predicted octanol–water partition coefficient (Wildman–Crippen LogP) is 5.62. The third-order valence-corrected chi connectivity index (χ3v) is 7.98. The molecule has 2 aromatic carbocycles. The number of aromatic hydroxyl groups is 2. The lowest BCUT2D eigenvalue weighted by atomic mass is 9.96. The summed E-state index contributed by atoms with van der Waals surface area (Å²) < 4.78 is 6.30. The average molecular weight is 477 g/mol. The second kappa shape index (κ2) is 10.0. The Morgan fingerprint density at radius 1 is 0.857 bits per heavy atom. The third kappa shape index (κ3) is 4.69. The van der Waals surface area contributed by atoms with E-state index in [-0.39, 0.29) is 22.3 Å². The Balaban J connectivity index is 1.68. The van der Waals surface area contributed by atoms with Crippen LogP contribution < -0.4 is 5.43 Å². The number of piperidine rings is 2. The van der Waals surface area contributed by atoms with Crippen LogP contribution in [0.4, 0.5) is 0 Å². The number of benzene rings is 2. The molecule has 6 heteroatoms. The molecule has 6 nitrogen and oxygen atoms in total. The summed E-state index contributed by atoms with van der Waals surface area (Å²) in [5.74, 6) is 0.338. The summed E-state index contributed by atoms with van der Waals surface area (Å²) in [7, 11) is 0. The minimum atomic E-state index is -0.288. The van der Waals surface area contributed by atoms with Gasteiger partial charge in [-0.25, -0.2) is 0 Å². The van der Waals surface area contributed by atoms with Gasteiger partial charge in [0.25, 0.3) is 0 Å². The quantitative estimate of drug-likeness (QED) is 0.498. The zero-order valence-corrected chi connectivity index (χ0v) is 20.8. The van der Waals surface area contributed by atoms with E-state index >= 15 is 0 Å². The predicted molar refractivity (Wildman–Crippen MR) is 139 cm³/mol. The molecule has 0 saturated carbocycles. The molecule has 2 N–H and O–H groups in total. The molecule has 3 aromatic rings. The van der Waals surface area contributed by atoms with Gasteiger partial charge < -0.3 is 14.6 Å². The van der Waals surface area contributed by atoms with Crippen molar-refractivity contribution in [3.05, 3.63) is 57.7 Å². The van der Waals surface area contributed by atoms with E-state index in [0.29, 0.717) is 47.6 Å². The lowest BCUT2D eigenvalue weighted by Crippen LogP contribution is -2.37. The molecule has 2 aliphatic heterocycles. The van der Waals surface area contributed by atoms with Crippen LogP contribution in [0.3, 0.4) is 0 Å². The van der Waals surface area contributed by atoms with E-state index in [1.807, 2.05) is 30.3 Å². The van der Waals surface area contributed by atoms with Crippen LogP contribution in [0.5, 0.6) is 11.5 Å². The molecule has 0 spiro atoms. The summed E-state index contributed by atoms with van der Waals surface area (Å²) in [4.78, 5) is 18.0. The van der Waals surface area contributed by atoms with Gasteiger partial charge in [0.1, 0.15) is 22.6 Å². The maximum Gasteiger partial charge on any atom is 0.197 e. The number of hydrogen-bond donors (Lipinski definition) is 2. The molecule has 5 rings (SSSR count). The lowest BCUT2D eigenvalue weighted by molar-refractivity contribution is 0.146. The first-order chi connectivity index (χ1) is 16.9. The molecule has 186 valence electrons. The van der Waals surface area contributed by atoms with Gasteiger partial charge in [0.2, 0.25) is 0 Å². The van der Waals surface area contributed by atoms with E-state index in [9.17, 15) is 15.0 Å². The van der Waals surface area contributed by atoms with Gasteiger partial charge in [-0.3, -0.25) is 14.6 Å². The van der Waals surface area contributed by atoms with Crippen LogP contribution in [0.1, 0.15) is 63.5 Å². The van der Waals surface area contributed by atoms with Gasteiger partial charge in [-0.2, -0.15) is 0 Å². The number of likely N-dealkylation sites (tertiary alicyclic amines) is 2. The first-order valence-electron chi connectivity index (χ1n) is 13.0. The van der Waals surface area contributed by atoms with Crippen LogP contribution in [0.2, 0.25) is 0 Å². The van der Waals surface area contributed by atoms with Crippen LogP contribution in [-0.4, -0.2) is 45.2 Å². The van der Waals surface area contributed by atoms with Gasteiger partial charge in [-0.05, 0) is 52.6 Å². The van der Waals surface area contributed by atoms with Crippen molar-refractivity contribution in [2.75, 3.05) is 13.1 Å². The van der Waals surface area contributed by atoms with Crippen molar-refractivity contribution in [2.45, 2.75) is 77.5 Å². The number of phenols is 2. The van der Waals surface area contributed by atoms with E-state index in [0.717, 1.165) is 44.3 Å². The molecule has 0 bridgehead atoms. The maximum atomic E-state index is 13.4. The molecule has 2 atom stereocenters. The van der Waals surface area contributed by atoms with Crippen LogP contribution in [0.15, 0.2) is 45.6 Å². The molecule has 2 fully saturated rings. The molecule has 0 aliphatic carbocycles. The van der Waals surface area contributed by atoms with Gasteiger partial charge in [0, 0.05) is 36.8 Å². The summed E-state index contributed by atoms with van der Waals surface area (Å²) in [6.07, 6.45) is 6.80. The molecule has 3 heterocycles. The van der Waals surface area contributed by atoms with Crippen LogP contribution >= 0.6 is 0 Å². The fourth-order valence-electron chi connectivity index (χ4n) is 5.72. The lowest BCUT2D eigenvalue weighted by Gasteiger charge is -2.35. The molecule has 0 unspecified atom stereocenters. The summed E-state index contributed by atoms with van der Waals surface area (Å²) in [6.45, 7) is 7.14. The van der Waals surface area contributed by atoms with Gasteiger partial charge >= 0.3 is 0 Å².